The second-order valence-corrected chi connectivity index (χ2v) is 5.57. The van der Waals surface area contributed by atoms with Crippen LogP contribution < -0.4 is 4.90 Å². The predicted octanol–water partition coefficient (Wildman–Crippen LogP) is 3.64. The van der Waals surface area contributed by atoms with E-state index in [1.54, 1.807) is 19.9 Å². The van der Waals surface area contributed by atoms with Crippen LogP contribution in [0.15, 0.2) is 6.07 Å². The molecule has 0 spiro atoms. The molecule has 1 rings (SSSR count). The summed E-state index contributed by atoms with van der Waals surface area (Å²) in [6.45, 7) is 6.47. The Morgan fingerprint density at radius 3 is 2.35 bits per heavy atom. The van der Waals surface area contributed by atoms with Gasteiger partial charge in [0.25, 0.3) is 0 Å². The number of nitrogens with zero attached hydrogens (tertiary/aromatic N) is 2. The molecule has 0 bridgehead atoms. The number of hydrogen-bond acceptors (Lipinski definition) is 3. The third kappa shape index (κ3) is 4.18. The number of hydrogen-bond donors (Lipinski definition) is 1. The molecule has 1 N–H and O–H groups in total. The van der Waals surface area contributed by atoms with Crippen LogP contribution in [-0.2, 0) is 0 Å². The Balaban J connectivity index is 3.08. The standard InChI is InChI=1S/C11H15Cl3N2O/c1-4-16(6-11(2,3)17)10-8(13)5-7(12)9(14)15-10/h5,17H,4,6H2,1-3H3. The molecule has 96 valence electrons. The molecule has 1 aromatic heterocycles. The first-order valence-electron chi connectivity index (χ1n) is 5.23. The van der Waals surface area contributed by atoms with E-state index in [2.05, 4.69) is 4.98 Å². The van der Waals surface area contributed by atoms with Crippen molar-refractivity contribution in [3.63, 3.8) is 0 Å². The van der Waals surface area contributed by atoms with E-state index in [1.165, 1.54) is 0 Å². The minimum atomic E-state index is -0.840. The van der Waals surface area contributed by atoms with Crippen LogP contribution in [0.4, 0.5) is 5.82 Å². The summed E-state index contributed by atoms with van der Waals surface area (Å²) in [5.41, 5.74) is -0.840. The van der Waals surface area contributed by atoms with Crippen molar-refractivity contribution in [3.05, 3.63) is 21.3 Å². The molecular formula is C11H15Cl3N2O. The van der Waals surface area contributed by atoms with Crippen LogP contribution in [0, 0.1) is 0 Å². The molecule has 0 aliphatic carbocycles. The van der Waals surface area contributed by atoms with Crippen LogP contribution in [0.1, 0.15) is 20.8 Å². The second kappa shape index (κ2) is 5.61. The van der Waals surface area contributed by atoms with Crippen molar-refractivity contribution in [1.29, 1.82) is 0 Å². The van der Waals surface area contributed by atoms with Crippen molar-refractivity contribution in [3.8, 4) is 0 Å². The summed E-state index contributed by atoms with van der Waals surface area (Å²) in [7, 11) is 0. The van der Waals surface area contributed by atoms with Gasteiger partial charge >= 0.3 is 0 Å². The Hall–Kier alpha value is -0.220. The van der Waals surface area contributed by atoms with Gasteiger partial charge in [-0.25, -0.2) is 4.98 Å². The van der Waals surface area contributed by atoms with E-state index in [-0.39, 0.29) is 5.15 Å². The first-order valence-corrected chi connectivity index (χ1v) is 6.37. The van der Waals surface area contributed by atoms with Crippen LogP contribution in [0.5, 0.6) is 0 Å². The van der Waals surface area contributed by atoms with Crippen molar-refractivity contribution in [1.82, 2.24) is 4.98 Å². The molecule has 0 aliphatic rings. The van der Waals surface area contributed by atoms with Gasteiger partial charge in [0.15, 0.2) is 0 Å². The van der Waals surface area contributed by atoms with E-state index in [4.69, 9.17) is 34.8 Å². The van der Waals surface area contributed by atoms with Gasteiger partial charge in [-0.05, 0) is 26.8 Å². The monoisotopic (exact) mass is 296 g/mol. The van der Waals surface area contributed by atoms with Gasteiger partial charge in [0.05, 0.1) is 15.6 Å². The first kappa shape index (κ1) is 14.8. The fourth-order valence-corrected chi connectivity index (χ4v) is 2.07. The molecule has 0 unspecified atom stereocenters. The molecule has 0 saturated heterocycles. The Morgan fingerprint density at radius 2 is 1.88 bits per heavy atom. The molecule has 0 aromatic carbocycles. The summed E-state index contributed by atoms with van der Waals surface area (Å²) in [5.74, 6) is 0.533. The van der Waals surface area contributed by atoms with Gasteiger partial charge < -0.3 is 10.0 Å². The molecule has 0 amide bonds. The van der Waals surface area contributed by atoms with Crippen LogP contribution >= 0.6 is 34.8 Å². The summed E-state index contributed by atoms with van der Waals surface area (Å²) in [6, 6.07) is 1.56. The average Bonchev–Trinajstić information content (AvgIpc) is 2.19. The molecule has 3 nitrogen and oxygen atoms in total. The van der Waals surface area contributed by atoms with Gasteiger partial charge in [0.1, 0.15) is 11.0 Å². The van der Waals surface area contributed by atoms with Gasteiger partial charge in [0, 0.05) is 13.1 Å². The highest BCUT2D eigenvalue weighted by Gasteiger charge is 2.21. The van der Waals surface area contributed by atoms with Crippen LogP contribution in [-0.4, -0.2) is 28.8 Å². The lowest BCUT2D eigenvalue weighted by molar-refractivity contribution is 0.0874. The van der Waals surface area contributed by atoms with Crippen molar-refractivity contribution in [2.45, 2.75) is 26.4 Å². The molecule has 0 fully saturated rings. The largest absolute Gasteiger partial charge is 0.389 e. The zero-order valence-corrected chi connectivity index (χ0v) is 12.2. The Labute approximate surface area is 116 Å². The van der Waals surface area contributed by atoms with Crippen molar-refractivity contribution in [2.75, 3.05) is 18.0 Å². The maximum absolute atomic E-state index is 9.82. The maximum Gasteiger partial charge on any atom is 0.150 e. The molecule has 6 heteroatoms. The number of aromatic nitrogens is 1. The van der Waals surface area contributed by atoms with Crippen LogP contribution in [0.2, 0.25) is 15.2 Å². The van der Waals surface area contributed by atoms with Gasteiger partial charge in [0.2, 0.25) is 0 Å². The van der Waals surface area contributed by atoms with Crippen molar-refractivity contribution >= 4 is 40.6 Å². The number of pyridine rings is 1. The van der Waals surface area contributed by atoms with Crippen LogP contribution in [0.25, 0.3) is 0 Å². The first-order chi connectivity index (χ1) is 7.74. The average molecular weight is 298 g/mol. The topological polar surface area (TPSA) is 36.4 Å². The summed E-state index contributed by atoms with van der Waals surface area (Å²) in [5, 5.41) is 10.8. The smallest absolute Gasteiger partial charge is 0.150 e. The van der Waals surface area contributed by atoms with Crippen molar-refractivity contribution < 1.29 is 5.11 Å². The van der Waals surface area contributed by atoms with E-state index in [1.807, 2.05) is 11.8 Å². The third-order valence-electron chi connectivity index (χ3n) is 2.13. The van der Waals surface area contributed by atoms with Gasteiger partial charge in [-0.2, -0.15) is 0 Å². The summed E-state index contributed by atoms with van der Waals surface area (Å²) < 4.78 is 0. The molecule has 17 heavy (non-hydrogen) atoms. The molecule has 1 aromatic rings. The van der Waals surface area contributed by atoms with Gasteiger partial charge in [-0.1, -0.05) is 34.8 Å². The number of aliphatic hydroxyl groups is 1. The number of likely N-dealkylation sites (N-methyl/N-ethyl adjacent to an activating group) is 1. The SMILES string of the molecule is CCN(CC(C)(C)O)c1nc(Cl)c(Cl)cc1Cl. The van der Waals surface area contributed by atoms with E-state index in [9.17, 15) is 5.11 Å². The van der Waals surface area contributed by atoms with Gasteiger partial charge in [-0.15, -0.1) is 0 Å². The van der Waals surface area contributed by atoms with E-state index in [0.29, 0.717) is 29.0 Å². The highest BCUT2D eigenvalue weighted by molar-refractivity contribution is 6.42. The Bertz CT molecular complexity index is 404. The molecule has 0 atom stereocenters. The lowest BCUT2D eigenvalue weighted by atomic mass is 10.1. The highest BCUT2D eigenvalue weighted by Crippen LogP contribution is 2.31. The molecule has 1 heterocycles. The summed E-state index contributed by atoms with van der Waals surface area (Å²) in [6.07, 6.45) is 0. The Kier molecular flexibility index (Phi) is 4.90. The molecular weight excluding hydrogens is 282 g/mol. The highest BCUT2D eigenvalue weighted by atomic mass is 35.5. The molecule has 0 radical (unpaired) electrons. The molecule has 0 aliphatic heterocycles. The van der Waals surface area contributed by atoms with E-state index >= 15 is 0 Å². The fourth-order valence-electron chi connectivity index (χ4n) is 1.46. The minimum Gasteiger partial charge on any atom is -0.389 e. The predicted molar refractivity (Wildman–Crippen MR) is 73.5 cm³/mol. The van der Waals surface area contributed by atoms with Crippen LogP contribution in [0.3, 0.4) is 0 Å². The van der Waals surface area contributed by atoms with Gasteiger partial charge in [-0.3, -0.25) is 0 Å². The molecule has 0 saturated carbocycles. The normalized spacial score (nSPS) is 11.7. The minimum absolute atomic E-state index is 0.209. The second-order valence-electron chi connectivity index (χ2n) is 4.39. The van der Waals surface area contributed by atoms with E-state index in [0.717, 1.165) is 0 Å². The fraction of sp³-hybridized carbons (Fsp3) is 0.545. The Morgan fingerprint density at radius 1 is 1.29 bits per heavy atom. The number of anilines is 1. The summed E-state index contributed by atoms with van der Waals surface area (Å²) in [4.78, 5) is 6.00. The quantitative estimate of drug-likeness (QED) is 0.862. The number of halogens is 3. The lowest BCUT2D eigenvalue weighted by Crippen LogP contribution is -2.39. The number of rotatable bonds is 4. The zero-order valence-electron chi connectivity index (χ0n) is 9.97. The maximum atomic E-state index is 9.82. The summed E-state index contributed by atoms with van der Waals surface area (Å²) >= 11 is 17.8. The zero-order chi connectivity index (χ0) is 13.2. The van der Waals surface area contributed by atoms with E-state index < -0.39 is 5.60 Å². The third-order valence-corrected chi connectivity index (χ3v) is 3.08. The lowest BCUT2D eigenvalue weighted by Gasteiger charge is -2.29. The van der Waals surface area contributed by atoms with Crippen molar-refractivity contribution in [2.24, 2.45) is 0 Å².